The lowest BCUT2D eigenvalue weighted by atomic mass is 10.1. The number of aromatic nitrogens is 3. The number of hydrogen-bond acceptors (Lipinski definition) is 13. The van der Waals surface area contributed by atoms with Gasteiger partial charge < -0.3 is 21.5 Å². The highest BCUT2D eigenvalue weighted by atomic mass is 32.2. The maximum atomic E-state index is 14.1. The van der Waals surface area contributed by atoms with Gasteiger partial charge in [-0.3, -0.25) is 9.11 Å². The topological polar surface area (TPSA) is 242 Å². The Morgan fingerprint density at radius 3 is 2.00 bits per heavy atom. The minimum atomic E-state index is -4.93. The number of phenols is 1. The van der Waals surface area contributed by atoms with Gasteiger partial charge in [0.1, 0.15) is 26.9 Å². The van der Waals surface area contributed by atoms with Crippen LogP contribution in [0.5, 0.6) is 5.75 Å². The van der Waals surface area contributed by atoms with E-state index in [1.54, 1.807) is 30.3 Å². The molecule has 0 fully saturated rings. The number of anilines is 5. The number of fused-ring (bicyclic) bond motifs is 1. The standard InChI is InChI=1S/C25H19FN8O7S2/c26-23-30-24(28-13-5-2-1-3-6-13)32-25(31-23)29-14-9-10-16(20(11-14)43(39,40)41)33-34-17-12-19(42(36,37)38)15-7-4-8-18(35)21(15)22(17)27/h1-12,35H,27H2,(H,36,37,38)(H,39,40,41)(H2,28,29,30,31,32). The quantitative estimate of drug-likeness (QED) is 0.0767. The molecule has 7 N–H and O–H groups in total. The normalized spacial score (nSPS) is 12.1. The summed E-state index contributed by atoms with van der Waals surface area (Å²) < 4.78 is 82.1. The second kappa shape index (κ2) is 11.2. The average Bonchev–Trinajstić information content (AvgIpc) is 2.92. The number of nitrogens with one attached hydrogen (secondary N) is 2. The van der Waals surface area contributed by atoms with Crippen LogP contribution < -0.4 is 16.4 Å². The molecule has 0 saturated carbocycles. The summed E-state index contributed by atoms with van der Waals surface area (Å²) in [6, 6.07) is 16.7. The lowest BCUT2D eigenvalue weighted by molar-refractivity contribution is 0.480. The van der Waals surface area contributed by atoms with Crippen molar-refractivity contribution in [2.75, 3.05) is 16.4 Å². The Morgan fingerprint density at radius 1 is 0.721 bits per heavy atom. The SMILES string of the molecule is Nc1c(N=Nc2ccc(Nc3nc(F)nc(Nc4ccccc4)n3)cc2S(=O)(=O)O)cc(S(=O)(=O)O)c2cccc(O)c12. The molecule has 0 amide bonds. The predicted molar refractivity (Wildman–Crippen MR) is 153 cm³/mol. The Kier molecular flexibility index (Phi) is 7.59. The first kappa shape index (κ1) is 29.2. The van der Waals surface area contributed by atoms with Gasteiger partial charge in [-0.15, -0.1) is 10.2 Å². The monoisotopic (exact) mass is 626 g/mol. The van der Waals surface area contributed by atoms with Crippen molar-refractivity contribution in [3.05, 3.63) is 78.9 Å². The highest BCUT2D eigenvalue weighted by molar-refractivity contribution is 7.86. The van der Waals surface area contributed by atoms with Gasteiger partial charge in [0, 0.05) is 16.8 Å². The van der Waals surface area contributed by atoms with Crippen LogP contribution >= 0.6 is 0 Å². The number of halogens is 1. The van der Waals surface area contributed by atoms with E-state index in [-0.39, 0.29) is 39.7 Å². The summed E-state index contributed by atoms with van der Waals surface area (Å²) in [6.45, 7) is 0. The Labute approximate surface area is 242 Å². The van der Waals surface area contributed by atoms with Gasteiger partial charge in [-0.05, 0) is 42.5 Å². The minimum Gasteiger partial charge on any atom is -0.507 e. The fourth-order valence-electron chi connectivity index (χ4n) is 3.96. The minimum absolute atomic E-state index is 0.00774. The van der Waals surface area contributed by atoms with Crippen molar-refractivity contribution in [3.8, 4) is 5.75 Å². The Balaban J connectivity index is 1.51. The number of azo groups is 1. The molecule has 0 unspecified atom stereocenters. The van der Waals surface area contributed by atoms with Gasteiger partial charge >= 0.3 is 6.08 Å². The fraction of sp³-hybridized carbons (Fsp3) is 0. The third-order valence-corrected chi connectivity index (χ3v) is 7.57. The van der Waals surface area contributed by atoms with Gasteiger partial charge in [-0.1, -0.05) is 30.3 Å². The Morgan fingerprint density at radius 2 is 1.35 bits per heavy atom. The van der Waals surface area contributed by atoms with E-state index >= 15 is 0 Å². The fourth-order valence-corrected chi connectivity index (χ4v) is 5.32. The molecule has 0 aliphatic rings. The molecule has 0 spiro atoms. The second-order valence-corrected chi connectivity index (χ2v) is 11.5. The largest absolute Gasteiger partial charge is 0.507 e. The summed E-state index contributed by atoms with van der Waals surface area (Å²) in [5, 5.41) is 23.1. The molecule has 0 atom stereocenters. The van der Waals surface area contributed by atoms with E-state index in [1.807, 2.05) is 0 Å². The molecule has 0 saturated heterocycles. The Hall–Kier alpha value is -5.30. The summed E-state index contributed by atoms with van der Waals surface area (Å²) >= 11 is 0. The number of phenolic OH excluding ortho intramolecular Hbond substituents is 1. The molecule has 4 aromatic carbocycles. The smallest absolute Gasteiger partial charge is 0.315 e. The highest BCUT2D eigenvalue weighted by Crippen LogP contribution is 2.41. The molecule has 0 aliphatic carbocycles. The van der Waals surface area contributed by atoms with Gasteiger partial charge in [0.05, 0.1) is 11.1 Å². The van der Waals surface area contributed by atoms with Crippen molar-refractivity contribution in [2.45, 2.75) is 9.79 Å². The number of nitrogens with zero attached hydrogens (tertiary/aromatic N) is 5. The number of aromatic hydroxyl groups is 1. The summed E-state index contributed by atoms with van der Waals surface area (Å²) in [4.78, 5) is 9.75. The van der Waals surface area contributed by atoms with Gasteiger partial charge in [0.2, 0.25) is 11.9 Å². The van der Waals surface area contributed by atoms with E-state index in [9.17, 15) is 35.4 Å². The van der Waals surface area contributed by atoms with Gasteiger partial charge in [0.25, 0.3) is 20.2 Å². The lowest BCUT2D eigenvalue weighted by Gasteiger charge is -2.11. The van der Waals surface area contributed by atoms with E-state index in [1.165, 1.54) is 24.3 Å². The van der Waals surface area contributed by atoms with Gasteiger partial charge in [0.15, 0.2) is 0 Å². The number of rotatable bonds is 8. The lowest BCUT2D eigenvalue weighted by Crippen LogP contribution is -2.06. The van der Waals surface area contributed by atoms with E-state index in [2.05, 4.69) is 35.8 Å². The zero-order valence-corrected chi connectivity index (χ0v) is 23.0. The number of para-hydroxylation sites is 1. The Bertz CT molecular complexity index is 2130. The molecular weight excluding hydrogens is 607 g/mol. The molecule has 1 heterocycles. The molecule has 15 nitrogen and oxygen atoms in total. The van der Waals surface area contributed by atoms with Crippen LogP contribution in [0.4, 0.5) is 44.7 Å². The van der Waals surface area contributed by atoms with E-state index in [0.717, 1.165) is 18.2 Å². The van der Waals surface area contributed by atoms with Gasteiger partial charge in [-0.2, -0.15) is 36.2 Å². The first-order valence-electron chi connectivity index (χ1n) is 11.9. The summed E-state index contributed by atoms with van der Waals surface area (Å²) in [5.41, 5.74) is 5.65. The summed E-state index contributed by atoms with van der Waals surface area (Å²) in [6.07, 6.45) is -1.14. The van der Waals surface area contributed by atoms with Crippen molar-refractivity contribution >= 4 is 71.3 Å². The van der Waals surface area contributed by atoms with Crippen molar-refractivity contribution in [2.24, 2.45) is 10.2 Å². The maximum Gasteiger partial charge on any atom is 0.315 e. The number of benzene rings is 4. The number of nitrogens with two attached hydrogens (primary N) is 1. The van der Waals surface area contributed by atoms with E-state index in [4.69, 9.17) is 5.73 Å². The number of hydrogen-bond donors (Lipinski definition) is 6. The first-order valence-corrected chi connectivity index (χ1v) is 14.7. The van der Waals surface area contributed by atoms with Crippen LogP contribution in [-0.2, 0) is 20.2 Å². The van der Waals surface area contributed by atoms with Crippen molar-refractivity contribution in [3.63, 3.8) is 0 Å². The zero-order chi connectivity index (χ0) is 30.9. The van der Waals surface area contributed by atoms with Crippen LogP contribution in [0.2, 0.25) is 0 Å². The van der Waals surface area contributed by atoms with Crippen LogP contribution in [0.25, 0.3) is 10.8 Å². The maximum absolute atomic E-state index is 14.1. The summed E-state index contributed by atoms with van der Waals surface area (Å²) in [5.74, 6) is -0.865. The van der Waals surface area contributed by atoms with Crippen LogP contribution in [0, 0.1) is 6.08 Å². The van der Waals surface area contributed by atoms with Crippen molar-refractivity contribution in [1.82, 2.24) is 15.0 Å². The summed E-state index contributed by atoms with van der Waals surface area (Å²) in [7, 11) is -9.75. The molecule has 43 heavy (non-hydrogen) atoms. The molecule has 0 aliphatic heterocycles. The molecule has 5 rings (SSSR count). The molecule has 18 heteroatoms. The van der Waals surface area contributed by atoms with Crippen molar-refractivity contribution in [1.29, 1.82) is 0 Å². The van der Waals surface area contributed by atoms with Crippen molar-refractivity contribution < 1.29 is 35.4 Å². The van der Waals surface area contributed by atoms with Crippen LogP contribution in [0.1, 0.15) is 0 Å². The predicted octanol–water partition coefficient (Wildman–Crippen LogP) is 4.85. The molecule has 5 aromatic rings. The van der Waals surface area contributed by atoms with Crippen LogP contribution in [0.15, 0.2) is 92.8 Å². The molecular formula is C25H19FN8O7S2. The molecule has 0 radical (unpaired) electrons. The zero-order valence-electron chi connectivity index (χ0n) is 21.4. The van der Waals surface area contributed by atoms with E-state index in [0.29, 0.717) is 5.69 Å². The molecule has 220 valence electrons. The van der Waals surface area contributed by atoms with Gasteiger partial charge in [-0.25, -0.2) is 0 Å². The molecule has 1 aromatic heterocycles. The van der Waals surface area contributed by atoms with Crippen LogP contribution in [0.3, 0.4) is 0 Å². The third-order valence-electron chi connectivity index (χ3n) is 5.80. The second-order valence-electron chi connectivity index (χ2n) is 8.71. The average molecular weight is 627 g/mol. The van der Waals surface area contributed by atoms with E-state index < -0.39 is 47.5 Å². The highest BCUT2D eigenvalue weighted by Gasteiger charge is 2.22. The van der Waals surface area contributed by atoms with Crippen LogP contribution in [-0.4, -0.2) is 46.0 Å². The number of nitrogen functional groups attached to an aromatic ring is 1. The third kappa shape index (κ3) is 6.46. The molecule has 0 bridgehead atoms. The first-order chi connectivity index (χ1) is 20.3.